The number of aromatic nitrogens is 2. The molecule has 0 unspecified atom stereocenters. The molecule has 1 fully saturated rings. The van der Waals surface area contributed by atoms with E-state index in [1.54, 1.807) is 0 Å². The van der Waals surface area contributed by atoms with Gasteiger partial charge in [-0.2, -0.15) is 0 Å². The van der Waals surface area contributed by atoms with E-state index in [9.17, 15) is 4.79 Å². The lowest BCUT2D eigenvalue weighted by Crippen LogP contribution is -2.33. The molecule has 0 spiro atoms. The van der Waals surface area contributed by atoms with Crippen LogP contribution in [0.1, 0.15) is 23.3 Å². The molecule has 1 saturated heterocycles. The van der Waals surface area contributed by atoms with Crippen molar-refractivity contribution in [2.24, 2.45) is 0 Å². The highest BCUT2D eigenvalue weighted by molar-refractivity contribution is 5.86. The van der Waals surface area contributed by atoms with Gasteiger partial charge in [0.05, 0.1) is 6.20 Å². The molecule has 1 aliphatic rings. The van der Waals surface area contributed by atoms with Crippen LogP contribution in [0.25, 0.3) is 0 Å². The fourth-order valence-corrected chi connectivity index (χ4v) is 1.53. The Labute approximate surface area is 87.9 Å². The highest BCUT2D eigenvalue weighted by Crippen LogP contribution is 2.09. The van der Waals surface area contributed by atoms with Crippen molar-refractivity contribution in [2.75, 3.05) is 13.1 Å². The van der Waals surface area contributed by atoms with Crippen molar-refractivity contribution in [1.82, 2.24) is 15.3 Å². The summed E-state index contributed by atoms with van der Waals surface area (Å²) in [5.74, 6) is -0.380. The predicted octanol–water partition coefficient (Wildman–Crippen LogP) is 0.385. The van der Waals surface area contributed by atoms with Crippen molar-refractivity contribution in [3.8, 4) is 0 Å². The second-order valence-electron chi connectivity index (χ2n) is 3.45. The van der Waals surface area contributed by atoms with Crippen molar-refractivity contribution < 1.29 is 9.53 Å². The molecule has 1 aromatic heterocycles. The van der Waals surface area contributed by atoms with E-state index in [4.69, 9.17) is 4.74 Å². The zero-order chi connectivity index (χ0) is 10.5. The van der Waals surface area contributed by atoms with Crippen LogP contribution < -0.4 is 5.32 Å². The van der Waals surface area contributed by atoms with Gasteiger partial charge in [0.1, 0.15) is 6.10 Å². The lowest BCUT2D eigenvalue weighted by Gasteiger charge is -2.22. The Kier molecular flexibility index (Phi) is 3.24. The van der Waals surface area contributed by atoms with E-state index in [-0.39, 0.29) is 17.8 Å². The molecule has 1 N–H and O–H groups in total. The smallest absolute Gasteiger partial charge is 0.358 e. The fraction of sp³-hybridized carbons (Fsp3) is 0.500. The second kappa shape index (κ2) is 4.84. The molecule has 0 bridgehead atoms. The average molecular weight is 207 g/mol. The summed E-state index contributed by atoms with van der Waals surface area (Å²) in [5.41, 5.74) is 0.274. The van der Waals surface area contributed by atoms with Gasteiger partial charge in [0.25, 0.3) is 0 Å². The number of carbonyl (C=O) groups excluding carboxylic acids is 1. The van der Waals surface area contributed by atoms with Gasteiger partial charge in [0.2, 0.25) is 0 Å². The quantitative estimate of drug-likeness (QED) is 0.710. The Morgan fingerprint density at radius 2 is 2.20 bits per heavy atom. The summed E-state index contributed by atoms with van der Waals surface area (Å²) in [7, 11) is 0. The number of hydrogen-bond acceptors (Lipinski definition) is 5. The summed E-state index contributed by atoms with van der Waals surface area (Å²) in [6.45, 7) is 1.80. The number of hydrogen-bond donors (Lipinski definition) is 1. The molecule has 5 nitrogen and oxygen atoms in total. The molecule has 5 heteroatoms. The van der Waals surface area contributed by atoms with Crippen LogP contribution in [0, 0.1) is 0 Å². The first-order chi connectivity index (χ1) is 7.36. The van der Waals surface area contributed by atoms with Crippen LogP contribution in [-0.2, 0) is 4.74 Å². The molecule has 0 aromatic carbocycles. The summed E-state index contributed by atoms with van der Waals surface area (Å²) in [4.78, 5) is 19.3. The van der Waals surface area contributed by atoms with Crippen molar-refractivity contribution >= 4 is 5.97 Å². The van der Waals surface area contributed by atoms with Crippen molar-refractivity contribution in [1.29, 1.82) is 0 Å². The van der Waals surface area contributed by atoms with E-state index in [1.807, 2.05) is 0 Å². The molecule has 1 aromatic rings. The van der Waals surface area contributed by atoms with Crippen LogP contribution in [0.3, 0.4) is 0 Å². The number of rotatable bonds is 2. The van der Waals surface area contributed by atoms with Crippen LogP contribution in [0.15, 0.2) is 18.6 Å². The standard InChI is InChI=1S/C10H13N3O2/c14-10(9-7-12-5-6-13-9)15-8-1-3-11-4-2-8/h5-8,11H,1-4H2. The molecule has 15 heavy (non-hydrogen) atoms. The highest BCUT2D eigenvalue weighted by Gasteiger charge is 2.18. The molecule has 2 rings (SSSR count). The topological polar surface area (TPSA) is 64.1 Å². The van der Waals surface area contributed by atoms with E-state index in [0.29, 0.717) is 0 Å². The van der Waals surface area contributed by atoms with Crippen LogP contribution in [0.2, 0.25) is 0 Å². The number of nitrogens with zero attached hydrogens (tertiary/aromatic N) is 2. The lowest BCUT2D eigenvalue weighted by atomic mass is 10.1. The third-order valence-corrected chi connectivity index (χ3v) is 2.33. The minimum atomic E-state index is -0.380. The first kappa shape index (κ1) is 10.0. The largest absolute Gasteiger partial charge is 0.458 e. The molecule has 0 atom stereocenters. The van der Waals surface area contributed by atoms with Crippen molar-refractivity contribution in [3.63, 3.8) is 0 Å². The Bertz CT molecular complexity index is 323. The third kappa shape index (κ3) is 2.73. The van der Waals surface area contributed by atoms with E-state index in [0.717, 1.165) is 25.9 Å². The first-order valence-corrected chi connectivity index (χ1v) is 5.04. The van der Waals surface area contributed by atoms with E-state index >= 15 is 0 Å². The number of ether oxygens (including phenoxy) is 1. The SMILES string of the molecule is O=C(OC1CCNCC1)c1cnccn1. The molecule has 0 amide bonds. The van der Waals surface area contributed by atoms with Gasteiger partial charge in [-0.05, 0) is 25.9 Å². The minimum Gasteiger partial charge on any atom is -0.458 e. The number of carbonyl (C=O) groups is 1. The molecule has 0 saturated carbocycles. The van der Waals surface area contributed by atoms with Crippen LogP contribution in [0.5, 0.6) is 0 Å². The highest BCUT2D eigenvalue weighted by atomic mass is 16.5. The monoisotopic (exact) mass is 207 g/mol. The van der Waals surface area contributed by atoms with Crippen LogP contribution in [0.4, 0.5) is 0 Å². The molecule has 2 heterocycles. The van der Waals surface area contributed by atoms with Crippen molar-refractivity contribution in [2.45, 2.75) is 18.9 Å². The summed E-state index contributed by atoms with van der Waals surface area (Å²) < 4.78 is 5.30. The Morgan fingerprint density at radius 1 is 1.40 bits per heavy atom. The predicted molar refractivity (Wildman–Crippen MR) is 53.3 cm³/mol. The minimum absolute atomic E-state index is 0.0146. The normalized spacial score (nSPS) is 17.3. The molecule has 80 valence electrons. The summed E-state index contributed by atoms with van der Waals surface area (Å²) >= 11 is 0. The van der Waals surface area contributed by atoms with Gasteiger partial charge in [-0.25, -0.2) is 9.78 Å². The lowest BCUT2D eigenvalue weighted by molar-refractivity contribution is 0.0222. The second-order valence-corrected chi connectivity index (χ2v) is 3.45. The molecular weight excluding hydrogens is 194 g/mol. The van der Waals surface area contributed by atoms with Gasteiger partial charge in [-0.1, -0.05) is 0 Å². The van der Waals surface area contributed by atoms with Gasteiger partial charge in [-0.15, -0.1) is 0 Å². The summed E-state index contributed by atoms with van der Waals surface area (Å²) in [6, 6.07) is 0. The Hall–Kier alpha value is -1.49. The molecule has 0 radical (unpaired) electrons. The Morgan fingerprint density at radius 3 is 2.87 bits per heavy atom. The van der Waals surface area contributed by atoms with Gasteiger partial charge in [0, 0.05) is 12.4 Å². The molecule has 1 aliphatic heterocycles. The van der Waals surface area contributed by atoms with Crippen molar-refractivity contribution in [3.05, 3.63) is 24.3 Å². The Balaban J connectivity index is 1.91. The summed E-state index contributed by atoms with van der Waals surface area (Å²) in [5, 5.41) is 3.21. The average Bonchev–Trinajstić information content (AvgIpc) is 2.31. The fourth-order valence-electron chi connectivity index (χ4n) is 1.53. The maximum absolute atomic E-state index is 11.6. The number of esters is 1. The zero-order valence-corrected chi connectivity index (χ0v) is 8.35. The maximum Gasteiger partial charge on any atom is 0.358 e. The number of piperidine rings is 1. The molecular formula is C10H13N3O2. The summed E-state index contributed by atoms with van der Waals surface area (Å²) in [6.07, 6.45) is 6.18. The van der Waals surface area contributed by atoms with Crippen LogP contribution in [-0.4, -0.2) is 35.1 Å². The maximum atomic E-state index is 11.6. The van der Waals surface area contributed by atoms with E-state index in [2.05, 4.69) is 15.3 Å². The third-order valence-electron chi connectivity index (χ3n) is 2.33. The van der Waals surface area contributed by atoms with E-state index in [1.165, 1.54) is 18.6 Å². The van der Waals surface area contributed by atoms with Gasteiger partial charge < -0.3 is 10.1 Å². The zero-order valence-electron chi connectivity index (χ0n) is 8.35. The molecule has 0 aliphatic carbocycles. The van der Waals surface area contributed by atoms with E-state index < -0.39 is 0 Å². The first-order valence-electron chi connectivity index (χ1n) is 5.04. The van der Waals surface area contributed by atoms with Crippen LogP contribution >= 0.6 is 0 Å². The van der Waals surface area contributed by atoms with Gasteiger partial charge in [0.15, 0.2) is 5.69 Å². The van der Waals surface area contributed by atoms with Gasteiger partial charge in [-0.3, -0.25) is 4.98 Å². The number of nitrogens with one attached hydrogen (secondary N) is 1. The van der Waals surface area contributed by atoms with Gasteiger partial charge >= 0.3 is 5.97 Å².